The van der Waals surface area contributed by atoms with Gasteiger partial charge >= 0.3 is 11.7 Å². The van der Waals surface area contributed by atoms with E-state index in [-0.39, 0.29) is 31.1 Å². The highest BCUT2D eigenvalue weighted by Crippen LogP contribution is 2.35. The molecule has 1 fully saturated rings. The molecule has 0 radical (unpaired) electrons. The van der Waals surface area contributed by atoms with Gasteiger partial charge in [0.1, 0.15) is 12.4 Å². The van der Waals surface area contributed by atoms with Gasteiger partial charge in [0.2, 0.25) is 5.95 Å². The van der Waals surface area contributed by atoms with E-state index >= 15 is 0 Å². The molecule has 13 heteroatoms. The van der Waals surface area contributed by atoms with Crippen molar-refractivity contribution in [3.8, 4) is 0 Å². The molecule has 4 N–H and O–H groups in total. The molecule has 0 bridgehead atoms. The molecule has 0 amide bonds. The normalized spacial score (nSPS) is 23.3. The van der Waals surface area contributed by atoms with Crippen LogP contribution in [0.4, 0.5) is 11.6 Å². The summed E-state index contributed by atoms with van der Waals surface area (Å²) in [6, 6.07) is 5.70. The first-order valence-corrected chi connectivity index (χ1v) is 8.86. The molecule has 3 atom stereocenters. The lowest BCUT2D eigenvalue weighted by Crippen LogP contribution is -2.49. The standard InChI is InChI=1S/C17H19N5O8/c18-15-19-9-21(16(26)20-15)17(7-12(24)13(8-23)30-17)14(25)29-6-5-10-1-3-11(4-2-10)22(27)28/h1-4,9,12-13,23-24H,5-8H2,(H2,18,20,26)/t12-,13+,17-/m0/s1. The molecular weight excluding hydrogens is 402 g/mol. The number of nitrogen functional groups attached to an aromatic ring is 1. The van der Waals surface area contributed by atoms with Gasteiger partial charge in [-0.15, -0.1) is 0 Å². The van der Waals surface area contributed by atoms with E-state index in [1.54, 1.807) is 0 Å². The minimum absolute atomic E-state index is 0.0687. The highest BCUT2D eigenvalue weighted by Gasteiger charge is 2.55. The van der Waals surface area contributed by atoms with Crippen molar-refractivity contribution in [3.05, 3.63) is 56.8 Å². The molecular formula is C17H19N5O8. The molecule has 2 aromatic rings. The summed E-state index contributed by atoms with van der Waals surface area (Å²) >= 11 is 0. The first-order valence-electron chi connectivity index (χ1n) is 8.86. The Morgan fingerprint density at radius 1 is 1.43 bits per heavy atom. The minimum Gasteiger partial charge on any atom is -0.462 e. The molecule has 0 spiro atoms. The number of benzene rings is 1. The summed E-state index contributed by atoms with van der Waals surface area (Å²) in [5.74, 6) is -1.30. The van der Waals surface area contributed by atoms with E-state index in [1.165, 1.54) is 24.3 Å². The summed E-state index contributed by atoms with van der Waals surface area (Å²) in [6.45, 7) is -0.726. The Balaban J connectivity index is 1.78. The van der Waals surface area contributed by atoms with Crippen molar-refractivity contribution in [3.63, 3.8) is 0 Å². The summed E-state index contributed by atoms with van der Waals surface area (Å²) < 4.78 is 11.5. The number of esters is 1. The lowest BCUT2D eigenvalue weighted by atomic mass is 10.1. The van der Waals surface area contributed by atoms with Crippen LogP contribution in [0.2, 0.25) is 0 Å². The van der Waals surface area contributed by atoms with Crippen LogP contribution in [0.15, 0.2) is 35.4 Å². The molecule has 160 valence electrons. The molecule has 3 rings (SSSR count). The number of rotatable bonds is 7. The van der Waals surface area contributed by atoms with Crippen LogP contribution < -0.4 is 11.4 Å². The maximum absolute atomic E-state index is 12.9. The number of aromatic nitrogens is 3. The second kappa shape index (κ2) is 8.52. The number of hydrogen-bond donors (Lipinski definition) is 3. The molecule has 2 heterocycles. The Kier molecular flexibility index (Phi) is 6.05. The van der Waals surface area contributed by atoms with E-state index in [0.717, 1.165) is 10.9 Å². The fourth-order valence-corrected chi connectivity index (χ4v) is 3.09. The van der Waals surface area contributed by atoms with Crippen LogP contribution in [-0.4, -0.2) is 61.1 Å². The van der Waals surface area contributed by atoms with Gasteiger partial charge in [-0.1, -0.05) is 12.1 Å². The molecule has 0 unspecified atom stereocenters. The maximum Gasteiger partial charge on any atom is 0.360 e. The summed E-state index contributed by atoms with van der Waals surface area (Å²) in [7, 11) is 0. The first kappa shape index (κ1) is 21.3. The average Bonchev–Trinajstić information content (AvgIpc) is 3.05. The predicted octanol–water partition coefficient (Wildman–Crippen LogP) is -1.29. The zero-order valence-corrected chi connectivity index (χ0v) is 15.6. The second-order valence-electron chi connectivity index (χ2n) is 6.57. The highest BCUT2D eigenvalue weighted by atomic mass is 16.6. The van der Waals surface area contributed by atoms with Crippen molar-refractivity contribution >= 4 is 17.6 Å². The van der Waals surface area contributed by atoms with Crippen LogP contribution in [0.1, 0.15) is 12.0 Å². The van der Waals surface area contributed by atoms with E-state index in [2.05, 4.69) is 9.97 Å². The Labute approximate surface area is 168 Å². The fourth-order valence-electron chi connectivity index (χ4n) is 3.09. The van der Waals surface area contributed by atoms with E-state index < -0.39 is 41.1 Å². The number of nitrogens with two attached hydrogens (primary N) is 1. The molecule has 1 aromatic heterocycles. The number of nitro groups is 1. The minimum atomic E-state index is -2.08. The van der Waals surface area contributed by atoms with Crippen LogP contribution >= 0.6 is 0 Å². The van der Waals surface area contributed by atoms with Crippen LogP contribution in [0.3, 0.4) is 0 Å². The summed E-state index contributed by atoms with van der Waals surface area (Å²) in [5, 5.41) is 30.2. The van der Waals surface area contributed by atoms with Gasteiger partial charge in [-0.25, -0.2) is 19.1 Å². The van der Waals surface area contributed by atoms with Crippen molar-refractivity contribution < 1.29 is 29.4 Å². The second-order valence-corrected chi connectivity index (χ2v) is 6.57. The fraction of sp³-hybridized carbons (Fsp3) is 0.412. The van der Waals surface area contributed by atoms with Crippen molar-refractivity contribution in [1.29, 1.82) is 0 Å². The summed E-state index contributed by atoms with van der Waals surface area (Å²) in [6.07, 6.45) is -1.56. The number of anilines is 1. The van der Waals surface area contributed by atoms with Crippen molar-refractivity contribution in [2.45, 2.75) is 30.8 Å². The molecule has 1 saturated heterocycles. The third-order valence-corrected chi connectivity index (χ3v) is 4.64. The first-order chi connectivity index (χ1) is 14.3. The third-order valence-electron chi connectivity index (χ3n) is 4.64. The summed E-state index contributed by atoms with van der Waals surface area (Å²) in [4.78, 5) is 42.4. The van der Waals surface area contributed by atoms with Crippen molar-refractivity contribution in [1.82, 2.24) is 14.5 Å². The molecule has 1 aliphatic heterocycles. The maximum atomic E-state index is 12.9. The Bertz CT molecular complexity index is 994. The number of nitro benzene ring substituents is 1. The Morgan fingerprint density at radius 3 is 2.70 bits per heavy atom. The third kappa shape index (κ3) is 4.12. The highest BCUT2D eigenvalue weighted by molar-refractivity contribution is 5.77. The molecule has 13 nitrogen and oxygen atoms in total. The topological polar surface area (TPSA) is 193 Å². The Morgan fingerprint density at radius 2 is 2.13 bits per heavy atom. The number of carbonyl (C=O) groups excluding carboxylic acids is 1. The number of hydrogen-bond acceptors (Lipinski definition) is 11. The molecule has 1 aliphatic rings. The van der Waals surface area contributed by atoms with Gasteiger partial charge in [0.15, 0.2) is 0 Å². The monoisotopic (exact) mass is 421 g/mol. The van der Waals surface area contributed by atoms with Gasteiger partial charge < -0.3 is 25.4 Å². The van der Waals surface area contributed by atoms with E-state index in [0.29, 0.717) is 5.56 Å². The predicted molar refractivity (Wildman–Crippen MR) is 99.0 cm³/mol. The number of nitrogens with zero attached hydrogens (tertiary/aromatic N) is 4. The van der Waals surface area contributed by atoms with E-state index in [1.807, 2.05) is 0 Å². The molecule has 0 saturated carbocycles. The van der Waals surface area contributed by atoms with Gasteiger partial charge in [0.05, 0.1) is 24.2 Å². The largest absolute Gasteiger partial charge is 0.462 e. The van der Waals surface area contributed by atoms with Gasteiger partial charge in [-0.05, 0) is 5.56 Å². The van der Waals surface area contributed by atoms with E-state index in [4.69, 9.17) is 15.2 Å². The summed E-state index contributed by atoms with van der Waals surface area (Å²) in [5.41, 5.74) is 2.96. The smallest absolute Gasteiger partial charge is 0.360 e. The lowest BCUT2D eigenvalue weighted by Gasteiger charge is -2.28. The van der Waals surface area contributed by atoms with Gasteiger partial charge in [0.25, 0.3) is 11.4 Å². The molecule has 0 aliphatic carbocycles. The van der Waals surface area contributed by atoms with E-state index in [9.17, 15) is 29.9 Å². The SMILES string of the molecule is Nc1ncn([C@@]2(C(=O)OCCc3ccc([N+](=O)[O-])cc3)C[C@H](O)[C@@H](CO)O2)c(=O)n1. The van der Waals surface area contributed by atoms with Crippen molar-refractivity contribution in [2.75, 3.05) is 18.9 Å². The van der Waals surface area contributed by atoms with Gasteiger partial charge in [0, 0.05) is 25.0 Å². The van der Waals surface area contributed by atoms with Crippen LogP contribution in [0.25, 0.3) is 0 Å². The van der Waals surface area contributed by atoms with Crippen LogP contribution in [-0.2, 0) is 26.4 Å². The van der Waals surface area contributed by atoms with Gasteiger partial charge in [-0.3, -0.25) is 10.1 Å². The van der Waals surface area contributed by atoms with Gasteiger partial charge in [-0.2, -0.15) is 4.98 Å². The van der Waals surface area contributed by atoms with Crippen LogP contribution in [0.5, 0.6) is 0 Å². The Hall–Kier alpha value is -3.42. The number of aliphatic hydroxyl groups is 2. The molecule has 30 heavy (non-hydrogen) atoms. The quantitative estimate of drug-likeness (QED) is 0.273. The number of ether oxygens (including phenoxy) is 2. The zero-order chi connectivity index (χ0) is 21.9. The average molecular weight is 421 g/mol. The van der Waals surface area contributed by atoms with Crippen molar-refractivity contribution in [2.24, 2.45) is 0 Å². The van der Waals surface area contributed by atoms with Crippen LogP contribution in [0, 0.1) is 10.1 Å². The number of aliphatic hydroxyl groups excluding tert-OH is 2. The number of carbonyl (C=O) groups is 1. The number of non-ortho nitro benzene ring substituents is 1. The zero-order valence-electron chi connectivity index (χ0n) is 15.6. The molecule has 1 aromatic carbocycles. The lowest BCUT2D eigenvalue weighted by molar-refractivity contribution is -0.384.